The highest BCUT2D eigenvalue weighted by Gasteiger charge is 2.21. The van der Waals surface area contributed by atoms with Crippen LogP contribution in [0.1, 0.15) is 41.6 Å². The van der Waals surface area contributed by atoms with E-state index in [2.05, 4.69) is 16.0 Å². The van der Waals surface area contributed by atoms with E-state index in [1.165, 1.54) is 0 Å². The summed E-state index contributed by atoms with van der Waals surface area (Å²) in [4.78, 5) is 36.9. The summed E-state index contributed by atoms with van der Waals surface area (Å²) in [5.74, 6) is -1.85. The van der Waals surface area contributed by atoms with Crippen LogP contribution in [0.2, 0.25) is 5.02 Å². The predicted octanol–water partition coefficient (Wildman–Crippen LogP) is 3.27. The fraction of sp³-hybridized carbons (Fsp3) is 0.286. The van der Waals surface area contributed by atoms with Crippen molar-refractivity contribution in [2.75, 3.05) is 5.32 Å². The van der Waals surface area contributed by atoms with E-state index in [4.69, 9.17) is 11.6 Å². The molecule has 0 saturated heterocycles. The van der Waals surface area contributed by atoms with E-state index >= 15 is 0 Å². The third-order valence-electron chi connectivity index (χ3n) is 4.68. The van der Waals surface area contributed by atoms with E-state index in [-0.39, 0.29) is 18.5 Å². The van der Waals surface area contributed by atoms with Gasteiger partial charge in [0.25, 0.3) is 5.91 Å². The lowest BCUT2D eigenvalue weighted by molar-refractivity contribution is -0.136. The van der Waals surface area contributed by atoms with Crippen LogP contribution in [-0.2, 0) is 16.1 Å². The molecular formula is C21H22ClN3O3. The lowest BCUT2D eigenvalue weighted by Crippen LogP contribution is -2.36. The lowest BCUT2D eigenvalue weighted by atomic mass is 10.1. The van der Waals surface area contributed by atoms with Gasteiger partial charge in [0.2, 0.25) is 0 Å². The van der Waals surface area contributed by atoms with Gasteiger partial charge in [-0.15, -0.1) is 0 Å². The molecular weight excluding hydrogens is 378 g/mol. The first kappa shape index (κ1) is 19.9. The number of hydrogen-bond donors (Lipinski definition) is 3. The summed E-state index contributed by atoms with van der Waals surface area (Å²) in [6.07, 6.45) is 4.15. The molecule has 0 atom stereocenters. The van der Waals surface area contributed by atoms with E-state index < -0.39 is 11.8 Å². The van der Waals surface area contributed by atoms with Crippen molar-refractivity contribution in [2.45, 2.75) is 38.3 Å². The SMILES string of the molecule is O=C(NCc1ccc(Cl)cc1)C(=O)Nc1ccccc1C(=O)NC1CCCC1. The normalized spacial score (nSPS) is 13.8. The maximum Gasteiger partial charge on any atom is 0.313 e. The topological polar surface area (TPSA) is 87.3 Å². The van der Waals surface area contributed by atoms with Crippen molar-refractivity contribution in [3.05, 3.63) is 64.7 Å². The van der Waals surface area contributed by atoms with Gasteiger partial charge < -0.3 is 16.0 Å². The van der Waals surface area contributed by atoms with Crippen LogP contribution in [0.25, 0.3) is 0 Å². The average molecular weight is 400 g/mol. The van der Waals surface area contributed by atoms with Gasteiger partial charge in [-0.25, -0.2) is 0 Å². The zero-order valence-electron chi connectivity index (χ0n) is 15.3. The molecule has 6 nitrogen and oxygen atoms in total. The molecule has 0 spiro atoms. The Morgan fingerprint density at radius 3 is 2.32 bits per heavy atom. The fourth-order valence-electron chi connectivity index (χ4n) is 3.17. The molecule has 0 radical (unpaired) electrons. The average Bonchev–Trinajstić information content (AvgIpc) is 3.20. The van der Waals surface area contributed by atoms with Crippen LogP contribution in [0.3, 0.4) is 0 Å². The number of rotatable bonds is 5. The van der Waals surface area contributed by atoms with Crippen LogP contribution in [0.4, 0.5) is 5.69 Å². The summed E-state index contributed by atoms with van der Waals surface area (Å²) in [5.41, 5.74) is 1.47. The lowest BCUT2D eigenvalue weighted by Gasteiger charge is -2.15. The van der Waals surface area contributed by atoms with Crippen molar-refractivity contribution in [3.63, 3.8) is 0 Å². The predicted molar refractivity (Wildman–Crippen MR) is 108 cm³/mol. The molecule has 3 N–H and O–H groups in total. The van der Waals surface area contributed by atoms with Crippen LogP contribution >= 0.6 is 11.6 Å². The van der Waals surface area contributed by atoms with Crippen molar-refractivity contribution < 1.29 is 14.4 Å². The van der Waals surface area contributed by atoms with Crippen LogP contribution < -0.4 is 16.0 Å². The Kier molecular flexibility index (Phi) is 6.66. The first-order valence-corrected chi connectivity index (χ1v) is 9.64. The first-order chi connectivity index (χ1) is 13.5. The molecule has 1 aliphatic rings. The second-order valence-electron chi connectivity index (χ2n) is 6.76. The minimum atomic E-state index is -0.824. The van der Waals surface area contributed by atoms with Gasteiger partial charge in [0.15, 0.2) is 0 Å². The van der Waals surface area contributed by atoms with Crippen molar-refractivity contribution >= 4 is 35.0 Å². The highest BCUT2D eigenvalue weighted by Crippen LogP contribution is 2.20. The van der Waals surface area contributed by atoms with Gasteiger partial charge >= 0.3 is 11.8 Å². The molecule has 0 bridgehead atoms. The molecule has 2 aromatic rings. The monoisotopic (exact) mass is 399 g/mol. The fourth-order valence-corrected chi connectivity index (χ4v) is 3.29. The number of hydrogen-bond acceptors (Lipinski definition) is 3. The molecule has 0 aliphatic heterocycles. The Morgan fingerprint density at radius 2 is 1.61 bits per heavy atom. The highest BCUT2D eigenvalue weighted by atomic mass is 35.5. The van der Waals surface area contributed by atoms with E-state index in [0.717, 1.165) is 31.2 Å². The molecule has 0 unspecified atom stereocenters. The van der Waals surface area contributed by atoms with Gasteiger partial charge in [-0.05, 0) is 42.7 Å². The van der Waals surface area contributed by atoms with Crippen molar-refractivity contribution in [1.82, 2.24) is 10.6 Å². The van der Waals surface area contributed by atoms with Gasteiger partial charge in [-0.2, -0.15) is 0 Å². The quantitative estimate of drug-likeness (QED) is 0.674. The second-order valence-corrected chi connectivity index (χ2v) is 7.20. The van der Waals surface area contributed by atoms with Crippen molar-refractivity contribution in [1.29, 1.82) is 0 Å². The van der Waals surface area contributed by atoms with Crippen LogP contribution in [-0.4, -0.2) is 23.8 Å². The molecule has 2 aromatic carbocycles. The molecule has 28 heavy (non-hydrogen) atoms. The number of amides is 3. The molecule has 1 fully saturated rings. The first-order valence-electron chi connectivity index (χ1n) is 9.26. The Bertz CT molecular complexity index is 861. The Labute approximate surface area is 168 Å². The third kappa shape index (κ3) is 5.33. The number of carbonyl (C=O) groups excluding carboxylic acids is 3. The van der Waals surface area contributed by atoms with E-state index in [0.29, 0.717) is 16.3 Å². The second kappa shape index (κ2) is 9.37. The van der Waals surface area contributed by atoms with Crippen molar-refractivity contribution in [2.24, 2.45) is 0 Å². The number of anilines is 1. The van der Waals surface area contributed by atoms with Gasteiger partial charge in [0, 0.05) is 17.6 Å². The maximum absolute atomic E-state index is 12.5. The summed E-state index contributed by atoms with van der Waals surface area (Å²) < 4.78 is 0. The van der Waals surface area contributed by atoms with Crippen molar-refractivity contribution in [3.8, 4) is 0 Å². The molecule has 0 aromatic heterocycles. The standard InChI is InChI=1S/C21H22ClN3O3/c22-15-11-9-14(10-12-15)13-23-20(27)21(28)25-18-8-4-3-7-17(18)19(26)24-16-5-1-2-6-16/h3-4,7-12,16H,1-2,5-6,13H2,(H,23,27)(H,24,26)(H,25,28). The van der Waals surface area contributed by atoms with Gasteiger partial charge in [-0.3, -0.25) is 14.4 Å². The van der Waals surface area contributed by atoms with Gasteiger partial charge in [0.05, 0.1) is 11.3 Å². The van der Waals surface area contributed by atoms with E-state index in [1.54, 1.807) is 48.5 Å². The van der Waals surface area contributed by atoms with Gasteiger partial charge in [-0.1, -0.05) is 48.7 Å². The molecule has 3 amide bonds. The minimum absolute atomic E-state index is 0.166. The molecule has 0 heterocycles. The summed E-state index contributed by atoms with van der Waals surface area (Å²) in [6, 6.07) is 13.8. The molecule has 3 rings (SSSR count). The van der Waals surface area contributed by atoms with Crippen LogP contribution in [0, 0.1) is 0 Å². The molecule has 1 saturated carbocycles. The summed E-state index contributed by atoms with van der Waals surface area (Å²) in [6.45, 7) is 0.202. The molecule has 7 heteroatoms. The van der Waals surface area contributed by atoms with E-state index in [1.807, 2.05) is 0 Å². The zero-order valence-corrected chi connectivity index (χ0v) is 16.1. The van der Waals surface area contributed by atoms with Gasteiger partial charge in [0.1, 0.15) is 0 Å². The minimum Gasteiger partial charge on any atom is -0.349 e. The largest absolute Gasteiger partial charge is 0.349 e. The molecule has 1 aliphatic carbocycles. The Morgan fingerprint density at radius 1 is 0.929 bits per heavy atom. The summed E-state index contributed by atoms with van der Waals surface area (Å²) in [5, 5.41) is 8.66. The number of benzene rings is 2. The third-order valence-corrected chi connectivity index (χ3v) is 4.93. The zero-order chi connectivity index (χ0) is 19.9. The van der Waals surface area contributed by atoms with Crippen LogP contribution in [0.5, 0.6) is 0 Å². The summed E-state index contributed by atoms with van der Waals surface area (Å²) in [7, 11) is 0. The molecule has 146 valence electrons. The number of halogens is 1. The maximum atomic E-state index is 12.5. The Hall–Kier alpha value is -2.86. The van der Waals surface area contributed by atoms with E-state index in [9.17, 15) is 14.4 Å². The highest BCUT2D eigenvalue weighted by molar-refractivity contribution is 6.40. The van der Waals surface area contributed by atoms with Crippen LogP contribution in [0.15, 0.2) is 48.5 Å². The number of carbonyl (C=O) groups is 3. The summed E-state index contributed by atoms with van der Waals surface area (Å²) >= 11 is 5.82. The number of nitrogens with one attached hydrogen (secondary N) is 3. The number of para-hydroxylation sites is 1. The Balaban J connectivity index is 1.59. The smallest absolute Gasteiger partial charge is 0.313 e.